The molecular weight excluding hydrogens is 264 g/mol. The van der Waals surface area contributed by atoms with Crippen molar-refractivity contribution in [3.8, 4) is 0 Å². The molecule has 2 N–H and O–H groups in total. The van der Waals surface area contributed by atoms with E-state index in [1.807, 2.05) is 14.0 Å². The Balaban J connectivity index is 1.91. The molecule has 1 aromatic heterocycles. The van der Waals surface area contributed by atoms with Gasteiger partial charge in [0.25, 0.3) is 0 Å². The number of aryl methyl sites for hydroxylation is 2. The Labute approximate surface area is 118 Å². The van der Waals surface area contributed by atoms with Crippen molar-refractivity contribution in [2.75, 3.05) is 19.6 Å². The summed E-state index contributed by atoms with van der Waals surface area (Å²) >= 11 is 6.15. The number of aromatic nitrogens is 2. The van der Waals surface area contributed by atoms with Gasteiger partial charge in [-0.25, -0.2) is 0 Å². The van der Waals surface area contributed by atoms with Gasteiger partial charge in [-0.3, -0.25) is 14.4 Å². The molecule has 0 amide bonds. The first-order valence-electron chi connectivity index (χ1n) is 6.65. The highest BCUT2D eigenvalue weighted by Crippen LogP contribution is 2.20. The van der Waals surface area contributed by atoms with Gasteiger partial charge in [-0.15, -0.1) is 0 Å². The molecule has 2 heterocycles. The van der Waals surface area contributed by atoms with Gasteiger partial charge >= 0.3 is 0 Å². The fraction of sp³-hybridized carbons (Fsp3) is 0.692. The quantitative estimate of drug-likeness (QED) is 0.893. The summed E-state index contributed by atoms with van der Waals surface area (Å²) < 4.78 is 1.70. The Morgan fingerprint density at radius 2 is 2.11 bits per heavy atom. The van der Waals surface area contributed by atoms with Gasteiger partial charge in [0.2, 0.25) is 0 Å². The number of likely N-dealkylation sites (tertiary alicyclic amines) is 1. The maximum atomic E-state index is 12.1. The highest BCUT2D eigenvalue weighted by molar-refractivity contribution is 6.32. The molecule has 1 fully saturated rings. The fourth-order valence-corrected chi connectivity index (χ4v) is 2.70. The maximum Gasteiger partial charge on any atom is 0.152 e. The Kier molecular flexibility index (Phi) is 4.60. The van der Waals surface area contributed by atoms with Crippen LogP contribution >= 0.6 is 11.6 Å². The van der Waals surface area contributed by atoms with Crippen molar-refractivity contribution >= 4 is 17.4 Å². The number of Topliss-reactive ketones (excluding diaryl/α,β-unsaturated/α-hetero) is 1. The molecular formula is C13H21ClN4O. The Bertz CT molecular complexity index is 463. The zero-order valence-corrected chi connectivity index (χ0v) is 12.3. The molecule has 106 valence electrons. The third-order valence-corrected chi connectivity index (χ3v) is 4.15. The first kappa shape index (κ1) is 14.5. The van der Waals surface area contributed by atoms with E-state index < -0.39 is 0 Å². The van der Waals surface area contributed by atoms with Crippen molar-refractivity contribution < 1.29 is 4.79 Å². The smallest absolute Gasteiger partial charge is 0.152 e. The molecule has 1 aromatic rings. The normalized spacial score (nSPS) is 17.9. The van der Waals surface area contributed by atoms with Crippen molar-refractivity contribution in [1.82, 2.24) is 14.7 Å². The third-order valence-electron chi connectivity index (χ3n) is 3.66. The van der Waals surface area contributed by atoms with Crippen molar-refractivity contribution in [2.45, 2.75) is 32.2 Å². The van der Waals surface area contributed by atoms with E-state index in [0.29, 0.717) is 24.0 Å². The Hall–Kier alpha value is -0.910. The Morgan fingerprint density at radius 1 is 1.47 bits per heavy atom. The molecule has 0 aromatic carbocycles. The minimum atomic E-state index is 0.181. The van der Waals surface area contributed by atoms with Gasteiger partial charge in [0.05, 0.1) is 29.4 Å². The molecule has 0 saturated carbocycles. The lowest BCUT2D eigenvalue weighted by Gasteiger charge is -2.29. The summed E-state index contributed by atoms with van der Waals surface area (Å²) in [7, 11) is 1.82. The summed E-state index contributed by atoms with van der Waals surface area (Å²) in [5.74, 6) is 0.181. The number of carbonyl (C=O) groups excluding carboxylic acids is 1. The van der Waals surface area contributed by atoms with Gasteiger partial charge in [0.1, 0.15) is 0 Å². The summed E-state index contributed by atoms with van der Waals surface area (Å²) in [4.78, 5) is 14.3. The van der Waals surface area contributed by atoms with E-state index >= 15 is 0 Å². The minimum absolute atomic E-state index is 0.181. The lowest BCUT2D eigenvalue weighted by atomic mass is 10.1. The molecule has 0 unspecified atom stereocenters. The molecule has 2 rings (SSSR count). The van der Waals surface area contributed by atoms with Crippen molar-refractivity contribution in [2.24, 2.45) is 12.8 Å². The largest absolute Gasteiger partial charge is 0.328 e. The molecule has 1 saturated heterocycles. The summed E-state index contributed by atoms with van der Waals surface area (Å²) in [6.45, 7) is 4.14. The highest BCUT2D eigenvalue weighted by atomic mass is 35.5. The molecule has 19 heavy (non-hydrogen) atoms. The predicted molar refractivity (Wildman–Crippen MR) is 75.3 cm³/mol. The number of piperidine rings is 1. The van der Waals surface area contributed by atoms with E-state index in [4.69, 9.17) is 17.3 Å². The van der Waals surface area contributed by atoms with Crippen LogP contribution in [0.2, 0.25) is 5.02 Å². The zero-order valence-electron chi connectivity index (χ0n) is 11.5. The SMILES string of the molecule is Cc1nn(C)c(CC(=O)CN2CCC(N)CC2)c1Cl. The second-order valence-corrected chi connectivity index (χ2v) is 5.68. The first-order chi connectivity index (χ1) is 8.97. The van der Waals surface area contributed by atoms with Crippen LogP contribution in [0.1, 0.15) is 24.2 Å². The second-order valence-electron chi connectivity index (χ2n) is 5.30. The highest BCUT2D eigenvalue weighted by Gasteiger charge is 2.20. The van der Waals surface area contributed by atoms with Crippen LogP contribution in [0.4, 0.5) is 0 Å². The lowest BCUT2D eigenvalue weighted by Crippen LogP contribution is -2.42. The van der Waals surface area contributed by atoms with Crippen LogP contribution in [0.5, 0.6) is 0 Å². The van der Waals surface area contributed by atoms with Crippen LogP contribution in [0.3, 0.4) is 0 Å². The van der Waals surface area contributed by atoms with Gasteiger partial charge in [-0.05, 0) is 19.8 Å². The average Bonchev–Trinajstić information content (AvgIpc) is 2.59. The van der Waals surface area contributed by atoms with E-state index in [9.17, 15) is 4.79 Å². The van der Waals surface area contributed by atoms with Crippen LogP contribution in [-0.4, -0.2) is 46.1 Å². The van der Waals surface area contributed by atoms with Gasteiger partial charge in [-0.2, -0.15) is 5.10 Å². The third kappa shape index (κ3) is 3.55. The summed E-state index contributed by atoms with van der Waals surface area (Å²) in [5.41, 5.74) is 7.43. The number of ketones is 1. The molecule has 0 radical (unpaired) electrons. The molecule has 1 aliphatic rings. The van der Waals surface area contributed by atoms with Crippen LogP contribution in [0, 0.1) is 6.92 Å². The van der Waals surface area contributed by atoms with Gasteiger partial charge in [-0.1, -0.05) is 11.6 Å². The van der Waals surface area contributed by atoms with Crippen LogP contribution < -0.4 is 5.73 Å². The zero-order chi connectivity index (χ0) is 14.0. The number of halogens is 1. The average molecular weight is 285 g/mol. The van der Waals surface area contributed by atoms with Gasteiger partial charge in [0, 0.05) is 26.2 Å². The molecule has 6 heteroatoms. The van der Waals surface area contributed by atoms with Crippen LogP contribution in [0.25, 0.3) is 0 Å². The van der Waals surface area contributed by atoms with Crippen molar-refractivity contribution in [3.05, 3.63) is 16.4 Å². The van der Waals surface area contributed by atoms with E-state index in [0.717, 1.165) is 37.3 Å². The summed E-state index contributed by atoms with van der Waals surface area (Å²) in [5, 5.41) is 4.83. The van der Waals surface area contributed by atoms with Crippen LogP contribution in [-0.2, 0) is 18.3 Å². The van der Waals surface area contributed by atoms with Crippen LogP contribution in [0.15, 0.2) is 0 Å². The number of nitrogens with zero attached hydrogens (tertiary/aromatic N) is 3. The molecule has 1 aliphatic heterocycles. The van der Waals surface area contributed by atoms with E-state index in [1.165, 1.54) is 0 Å². The van der Waals surface area contributed by atoms with E-state index in [1.54, 1.807) is 4.68 Å². The molecule has 0 atom stereocenters. The maximum absolute atomic E-state index is 12.1. The molecule has 0 aliphatic carbocycles. The summed E-state index contributed by atoms with van der Waals surface area (Å²) in [6.07, 6.45) is 2.29. The monoisotopic (exact) mass is 284 g/mol. The molecule has 0 bridgehead atoms. The minimum Gasteiger partial charge on any atom is -0.328 e. The van der Waals surface area contributed by atoms with Crippen molar-refractivity contribution in [3.63, 3.8) is 0 Å². The lowest BCUT2D eigenvalue weighted by molar-refractivity contribution is -0.119. The number of nitrogens with two attached hydrogens (primary N) is 1. The second kappa shape index (κ2) is 6.03. The molecule has 0 spiro atoms. The number of carbonyl (C=O) groups is 1. The van der Waals surface area contributed by atoms with E-state index in [2.05, 4.69) is 10.00 Å². The Morgan fingerprint density at radius 3 is 2.63 bits per heavy atom. The molecule has 5 nitrogen and oxygen atoms in total. The topological polar surface area (TPSA) is 64.2 Å². The number of hydrogen-bond acceptors (Lipinski definition) is 4. The van der Waals surface area contributed by atoms with Gasteiger partial charge in [0.15, 0.2) is 5.78 Å². The fourth-order valence-electron chi connectivity index (χ4n) is 2.48. The predicted octanol–water partition coefficient (Wildman–Crippen LogP) is 0.917. The van der Waals surface area contributed by atoms with Crippen molar-refractivity contribution in [1.29, 1.82) is 0 Å². The number of hydrogen-bond donors (Lipinski definition) is 1. The van der Waals surface area contributed by atoms with E-state index in [-0.39, 0.29) is 5.78 Å². The standard InChI is InChI=1S/C13H21ClN4O/c1-9-13(14)12(17(2)16-9)7-11(19)8-18-5-3-10(15)4-6-18/h10H,3-8,15H2,1-2H3. The number of rotatable bonds is 4. The first-order valence-corrected chi connectivity index (χ1v) is 7.02. The summed E-state index contributed by atoms with van der Waals surface area (Å²) in [6, 6.07) is 0.292. The van der Waals surface area contributed by atoms with Gasteiger partial charge < -0.3 is 5.73 Å².